The molecule has 1 unspecified atom stereocenters. The van der Waals surface area contributed by atoms with Crippen molar-refractivity contribution in [2.24, 2.45) is 0 Å². The molecule has 0 spiro atoms. The van der Waals surface area contributed by atoms with Crippen molar-refractivity contribution in [1.29, 1.82) is 0 Å². The molecule has 6 nitrogen and oxygen atoms in total. The summed E-state index contributed by atoms with van der Waals surface area (Å²) in [5, 5.41) is 3.14. The maximum atomic E-state index is 12.2. The summed E-state index contributed by atoms with van der Waals surface area (Å²) in [4.78, 5) is 16.7. The molecule has 2 saturated heterocycles. The van der Waals surface area contributed by atoms with Gasteiger partial charge in [0, 0.05) is 45.9 Å². The number of halogens is 2. The third-order valence-corrected chi connectivity index (χ3v) is 4.03. The summed E-state index contributed by atoms with van der Waals surface area (Å²) in [6.07, 6.45) is 2.25. The second-order valence-corrected chi connectivity index (χ2v) is 5.47. The maximum Gasteiger partial charge on any atom is 0.236 e. The fraction of sp³-hybridized carbons (Fsp3) is 0.929. The highest BCUT2D eigenvalue weighted by molar-refractivity contribution is 5.85. The van der Waals surface area contributed by atoms with Crippen molar-refractivity contribution < 1.29 is 14.3 Å². The first-order chi connectivity index (χ1) is 9.81. The van der Waals surface area contributed by atoms with Crippen molar-refractivity contribution in [1.82, 2.24) is 15.1 Å². The van der Waals surface area contributed by atoms with Crippen LogP contribution in [0.5, 0.6) is 0 Å². The van der Waals surface area contributed by atoms with Gasteiger partial charge in [-0.2, -0.15) is 0 Å². The predicted molar refractivity (Wildman–Crippen MR) is 91.2 cm³/mol. The summed E-state index contributed by atoms with van der Waals surface area (Å²) in [5.74, 6) is 0.219. The number of amides is 1. The van der Waals surface area contributed by atoms with Crippen molar-refractivity contribution in [2.45, 2.75) is 18.9 Å². The molecule has 1 amide bonds. The lowest BCUT2D eigenvalue weighted by atomic mass is 10.2. The highest BCUT2D eigenvalue weighted by Gasteiger charge is 2.30. The van der Waals surface area contributed by atoms with E-state index in [-0.39, 0.29) is 30.7 Å². The number of hydrogen-bond acceptors (Lipinski definition) is 5. The van der Waals surface area contributed by atoms with Crippen molar-refractivity contribution in [3.8, 4) is 0 Å². The first kappa shape index (κ1) is 21.9. The molecule has 0 aliphatic carbocycles. The zero-order chi connectivity index (χ0) is 14.2. The molecule has 22 heavy (non-hydrogen) atoms. The zero-order valence-corrected chi connectivity index (χ0v) is 14.9. The van der Waals surface area contributed by atoms with Crippen molar-refractivity contribution in [2.75, 3.05) is 66.2 Å². The third kappa shape index (κ3) is 6.98. The highest BCUT2D eigenvalue weighted by atomic mass is 35.5. The number of morpholine rings is 1. The third-order valence-electron chi connectivity index (χ3n) is 4.03. The second kappa shape index (κ2) is 12.3. The first-order valence-electron chi connectivity index (χ1n) is 7.60. The summed E-state index contributed by atoms with van der Waals surface area (Å²) in [6.45, 7) is 7.30. The molecule has 0 bridgehead atoms. The van der Waals surface area contributed by atoms with Gasteiger partial charge in [0.15, 0.2) is 0 Å². The van der Waals surface area contributed by atoms with E-state index >= 15 is 0 Å². The molecule has 2 aliphatic rings. The minimum absolute atomic E-state index is 0. The van der Waals surface area contributed by atoms with Gasteiger partial charge in [0.1, 0.15) is 0 Å². The summed E-state index contributed by atoms with van der Waals surface area (Å²) >= 11 is 0. The minimum Gasteiger partial charge on any atom is -0.383 e. The Morgan fingerprint density at radius 3 is 2.68 bits per heavy atom. The Kier molecular flexibility index (Phi) is 12.3. The van der Waals surface area contributed by atoms with E-state index in [0.717, 1.165) is 58.8 Å². The van der Waals surface area contributed by atoms with E-state index in [9.17, 15) is 4.79 Å². The van der Waals surface area contributed by atoms with Gasteiger partial charge in [-0.1, -0.05) is 0 Å². The first-order valence-corrected chi connectivity index (χ1v) is 7.60. The van der Waals surface area contributed by atoms with E-state index in [4.69, 9.17) is 9.47 Å². The van der Waals surface area contributed by atoms with Gasteiger partial charge < -0.3 is 19.7 Å². The van der Waals surface area contributed by atoms with Gasteiger partial charge in [0.2, 0.25) is 5.91 Å². The molecule has 0 aromatic carbocycles. The van der Waals surface area contributed by atoms with E-state index in [1.165, 1.54) is 0 Å². The molecule has 0 radical (unpaired) electrons. The highest BCUT2D eigenvalue weighted by Crippen LogP contribution is 2.18. The Morgan fingerprint density at radius 1 is 1.27 bits per heavy atom. The molecule has 2 aliphatic heterocycles. The molecule has 132 valence electrons. The van der Waals surface area contributed by atoms with E-state index in [1.807, 2.05) is 0 Å². The predicted octanol–water partition coefficient (Wildman–Crippen LogP) is 0.389. The molecule has 8 heteroatoms. The fourth-order valence-corrected chi connectivity index (χ4v) is 2.91. The van der Waals surface area contributed by atoms with Crippen LogP contribution in [0.3, 0.4) is 0 Å². The zero-order valence-electron chi connectivity index (χ0n) is 13.3. The Balaban J connectivity index is 0.00000220. The molecule has 1 atom stereocenters. The quantitative estimate of drug-likeness (QED) is 0.668. The van der Waals surface area contributed by atoms with Gasteiger partial charge in [-0.05, 0) is 12.8 Å². The van der Waals surface area contributed by atoms with Gasteiger partial charge in [0.25, 0.3) is 0 Å². The maximum absolute atomic E-state index is 12.2. The summed E-state index contributed by atoms with van der Waals surface area (Å²) in [5.41, 5.74) is 0. The topological polar surface area (TPSA) is 54.0 Å². The van der Waals surface area contributed by atoms with Crippen LogP contribution in [0.25, 0.3) is 0 Å². The van der Waals surface area contributed by atoms with E-state index in [2.05, 4.69) is 15.1 Å². The number of hydrogen-bond donors (Lipinski definition) is 1. The largest absolute Gasteiger partial charge is 0.383 e. The Bertz CT molecular complexity index is 305. The van der Waals surface area contributed by atoms with Crippen molar-refractivity contribution in [3.05, 3.63) is 0 Å². The van der Waals surface area contributed by atoms with Crippen LogP contribution >= 0.6 is 24.8 Å². The van der Waals surface area contributed by atoms with Crippen LogP contribution in [0.4, 0.5) is 0 Å². The number of carbonyl (C=O) groups is 1. The van der Waals surface area contributed by atoms with Crippen molar-refractivity contribution >= 4 is 30.7 Å². The number of nitrogens with zero attached hydrogens (tertiary/aromatic N) is 2. The van der Waals surface area contributed by atoms with Crippen LogP contribution in [-0.2, 0) is 14.3 Å². The number of rotatable bonds is 7. The molecule has 1 N–H and O–H groups in total. The number of methoxy groups -OCH3 is 1. The smallest absolute Gasteiger partial charge is 0.236 e. The molecule has 2 rings (SSSR count). The van der Waals surface area contributed by atoms with Crippen LogP contribution in [-0.4, -0.2) is 87.9 Å². The standard InChI is InChI=1S/C14H27N3O3.2ClH/c1-19-8-4-15-11-14(18)17-5-2-3-13(17)12-16-6-9-20-10-7-16;;/h13,15H,2-12H2,1H3;2*1H. The average Bonchev–Trinajstić information content (AvgIpc) is 2.93. The lowest BCUT2D eigenvalue weighted by Crippen LogP contribution is -2.48. The number of ether oxygens (including phenoxy) is 2. The fourth-order valence-electron chi connectivity index (χ4n) is 2.91. The summed E-state index contributed by atoms with van der Waals surface area (Å²) in [7, 11) is 1.67. The van der Waals surface area contributed by atoms with E-state index < -0.39 is 0 Å². The Morgan fingerprint density at radius 2 is 2.00 bits per heavy atom. The van der Waals surface area contributed by atoms with E-state index in [1.54, 1.807) is 7.11 Å². The molecule has 2 heterocycles. The molecule has 2 fully saturated rings. The van der Waals surface area contributed by atoms with E-state index in [0.29, 0.717) is 19.2 Å². The monoisotopic (exact) mass is 357 g/mol. The van der Waals surface area contributed by atoms with Gasteiger partial charge >= 0.3 is 0 Å². The summed E-state index contributed by atoms with van der Waals surface area (Å²) < 4.78 is 10.3. The molecular weight excluding hydrogens is 329 g/mol. The normalized spacial score (nSPS) is 22.0. The Labute approximate surface area is 145 Å². The molecular formula is C14H29Cl2N3O3. The van der Waals surface area contributed by atoms with Crippen molar-refractivity contribution in [3.63, 3.8) is 0 Å². The van der Waals surface area contributed by atoms with Gasteiger partial charge in [-0.3, -0.25) is 9.69 Å². The van der Waals surface area contributed by atoms with Crippen LogP contribution in [0.2, 0.25) is 0 Å². The number of nitrogens with one attached hydrogen (secondary N) is 1. The number of carbonyl (C=O) groups excluding carboxylic acids is 1. The van der Waals surface area contributed by atoms with Crippen LogP contribution in [0, 0.1) is 0 Å². The minimum atomic E-state index is 0. The molecule has 0 aromatic heterocycles. The average molecular weight is 358 g/mol. The molecule has 0 saturated carbocycles. The van der Waals surface area contributed by atoms with Gasteiger partial charge in [-0.25, -0.2) is 0 Å². The molecule has 0 aromatic rings. The van der Waals surface area contributed by atoms with Gasteiger partial charge in [-0.15, -0.1) is 24.8 Å². The van der Waals surface area contributed by atoms with Crippen LogP contribution in [0.15, 0.2) is 0 Å². The van der Waals surface area contributed by atoms with Gasteiger partial charge in [0.05, 0.1) is 26.4 Å². The number of likely N-dealkylation sites (tertiary alicyclic amines) is 1. The SMILES string of the molecule is COCCNCC(=O)N1CCCC1CN1CCOCC1.Cl.Cl. The lowest BCUT2D eigenvalue weighted by molar-refractivity contribution is -0.131. The second-order valence-electron chi connectivity index (χ2n) is 5.47. The Hall–Kier alpha value is -0.110. The van der Waals surface area contributed by atoms with Crippen LogP contribution in [0.1, 0.15) is 12.8 Å². The van der Waals surface area contributed by atoms with Crippen LogP contribution < -0.4 is 5.32 Å². The lowest BCUT2D eigenvalue weighted by Gasteiger charge is -2.33. The summed E-state index contributed by atoms with van der Waals surface area (Å²) in [6, 6.07) is 0.379.